The van der Waals surface area contributed by atoms with E-state index in [9.17, 15) is 33.6 Å². The maximum absolute atomic E-state index is 12.9. The van der Waals surface area contributed by atoms with Crippen molar-refractivity contribution in [3.8, 4) is 23.0 Å². The summed E-state index contributed by atoms with van der Waals surface area (Å²) in [7, 11) is 2.80. The van der Waals surface area contributed by atoms with Crippen LogP contribution < -0.4 is 29.6 Å². The quantitative estimate of drug-likeness (QED) is 0.0285. The molecule has 2 N–H and O–H groups in total. The zero-order valence-electron chi connectivity index (χ0n) is 35.3. The Morgan fingerprint density at radius 3 is 1.20 bits per heavy atom. The number of rotatable bonds is 20. The lowest BCUT2D eigenvalue weighted by atomic mass is 10.1. The maximum Gasteiger partial charge on any atom is 0.411 e. The predicted molar refractivity (Wildman–Crippen MR) is 233 cm³/mol. The molecule has 0 saturated heterocycles. The van der Waals surface area contributed by atoms with Crippen molar-refractivity contribution in [3.05, 3.63) is 144 Å². The SMILES string of the molecule is C=C(C)C(=O)OCCOC(=O)Nc1ccc(C(=O)Oc2ccc(C=CC(=O)C=Cc3ccc(OC(=O)c4ccc(NC(=O)OCCOC(=O)C(=C)C)cc4)c(OC)c3)cc2OC)cc1. The van der Waals surface area contributed by atoms with Gasteiger partial charge in [-0.1, -0.05) is 37.4 Å². The summed E-state index contributed by atoms with van der Waals surface area (Å²) in [5.74, 6) is -2.22. The van der Waals surface area contributed by atoms with Crippen molar-refractivity contribution >= 4 is 65.4 Å². The number of allylic oxidation sites excluding steroid dienone is 2. The number of hydrogen-bond acceptors (Lipinski definition) is 15. The van der Waals surface area contributed by atoms with Crippen molar-refractivity contribution in [1.82, 2.24) is 0 Å². The van der Waals surface area contributed by atoms with Gasteiger partial charge < -0.3 is 37.9 Å². The molecule has 0 radical (unpaired) electrons. The fourth-order valence-electron chi connectivity index (χ4n) is 4.95. The minimum atomic E-state index is -0.785. The van der Waals surface area contributed by atoms with E-state index in [0.29, 0.717) is 22.5 Å². The van der Waals surface area contributed by atoms with Gasteiger partial charge in [-0.25, -0.2) is 28.8 Å². The standard InChI is InChI=1S/C47H44N2O15/c1-29(2)42(51)59-23-25-61-46(55)48-35-15-11-33(12-16-35)44(53)63-38-21-9-31(27-40(38)57-5)7-19-37(50)20-8-32-10-22-39(41(28-32)58-6)64-45(54)34-13-17-36(18-14-34)49-47(56)62-26-24-60-43(52)30(3)4/h7-22,27-28H,1,3,23-26H2,2,4-6H3,(H,48,55)(H,49,56). The van der Waals surface area contributed by atoms with E-state index in [4.69, 9.17) is 37.9 Å². The fraction of sp³-hybridized carbons (Fsp3) is 0.170. The van der Waals surface area contributed by atoms with Gasteiger partial charge in [0.1, 0.15) is 26.4 Å². The highest BCUT2D eigenvalue weighted by atomic mass is 16.6. The Balaban J connectivity index is 1.25. The van der Waals surface area contributed by atoms with Crippen LogP contribution in [0.3, 0.4) is 0 Å². The van der Waals surface area contributed by atoms with Crippen LogP contribution in [-0.2, 0) is 33.3 Å². The highest BCUT2D eigenvalue weighted by molar-refractivity contribution is 6.04. The molecule has 332 valence electrons. The number of amides is 2. The van der Waals surface area contributed by atoms with Crippen LogP contribution in [0.25, 0.3) is 12.2 Å². The third kappa shape index (κ3) is 15.5. The molecule has 0 fully saturated rings. The van der Waals surface area contributed by atoms with Gasteiger partial charge in [-0.05, 0) is 110 Å². The maximum atomic E-state index is 12.9. The van der Waals surface area contributed by atoms with E-state index >= 15 is 0 Å². The number of ketones is 1. The largest absolute Gasteiger partial charge is 0.493 e. The van der Waals surface area contributed by atoms with Gasteiger partial charge in [0.15, 0.2) is 28.8 Å². The molecule has 17 heteroatoms. The van der Waals surface area contributed by atoms with Crippen molar-refractivity contribution in [1.29, 1.82) is 0 Å². The van der Waals surface area contributed by atoms with Crippen LogP contribution in [0.2, 0.25) is 0 Å². The van der Waals surface area contributed by atoms with Gasteiger partial charge in [0.25, 0.3) is 0 Å². The van der Waals surface area contributed by atoms with E-state index in [-0.39, 0.29) is 77.5 Å². The van der Waals surface area contributed by atoms with Crippen molar-refractivity contribution in [2.75, 3.05) is 51.3 Å². The van der Waals surface area contributed by atoms with Crippen LogP contribution in [0, 0.1) is 0 Å². The predicted octanol–water partition coefficient (Wildman–Crippen LogP) is 7.77. The molecule has 0 aromatic heterocycles. The smallest absolute Gasteiger partial charge is 0.411 e. The molecule has 0 saturated carbocycles. The normalized spacial score (nSPS) is 10.6. The third-order valence-corrected chi connectivity index (χ3v) is 8.19. The first kappa shape index (κ1) is 48.2. The lowest BCUT2D eigenvalue weighted by Gasteiger charge is -2.11. The Morgan fingerprint density at radius 2 is 0.859 bits per heavy atom. The second-order valence-corrected chi connectivity index (χ2v) is 13.2. The van der Waals surface area contributed by atoms with Gasteiger partial charge in [0.2, 0.25) is 0 Å². The van der Waals surface area contributed by atoms with Crippen molar-refractivity contribution in [3.63, 3.8) is 0 Å². The van der Waals surface area contributed by atoms with Crippen LogP contribution in [0.1, 0.15) is 45.7 Å². The molecule has 4 aromatic rings. The topological polar surface area (TPSA) is 217 Å². The number of benzene rings is 4. The summed E-state index contributed by atoms with van der Waals surface area (Å²) in [4.78, 5) is 85.3. The first-order chi connectivity index (χ1) is 30.6. The zero-order valence-corrected chi connectivity index (χ0v) is 35.3. The number of hydrogen-bond donors (Lipinski definition) is 2. The fourth-order valence-corrected chi connectivity index (χ4v) is 4.95. The van der Waals surface area contributed by atoms with Crippen molar-refractivity contribution < 1.29 is 71.5 Å². The number of methoxy groups -OCH3 is 2. The average molecular weight is 877 g/mol. The molecule has 0 aliphatic heterocycles. The van der Waals surface area contributed by atoms with Gasteiger partial charge in [-0.2, -0.15) is 0 Å². The van der Waals surface area contributed by atoms with E-state index < -0.39 is 36.1 Å². The number of esters is 4. The van der Waals surface area contributed by atoms with Crippen LogP contribution in [0.4, 0.5) is 21.0 Å². The summed E-state index contributed by atoms with van der Waals surface area (Å²) in [6.07, 6.45) is 4.21. The Kier molecular flexibility index (Phi) is 18.1. The second-order valence-electron chi connectivity index (χ2n) is 13.2. The Hall–Kier alpha value is -8.47. The molecule has 0 bridgehead atoms. The molecule has 4 rings (SSSR count). The molecule has 2 amide bonds. The first-order valence-electron chi connectivity index (χ1n) is 19.1. The molecular formula is C47H44N2O15. The molecule has 0 atom stereocenters. The zero-order chi connectivity index (χ0) is 46.6. The average Bonchev–Trinajstić information content (AvgIpc) is 3.28. The molecule has 0 aliphatic rings. The summed E-state index contributed by atoms with van der Waals surface area (Å²) in [5, 5.41) is 4.99. The van der Waals surface area contributed by atoms with Crippen LogP contribution in [0.15, 0.2) is 121 Å². The number of carbonyl (C=O) groups is 7. The van der Waals surface area contributed by atoms with Crippen molar-refractivity contribution in [2.24, 2.45) is 0 Å². The molecule has 64 heavy (non-hydrogen) atoms. The molecule has 0 aliphatic carbocycles. The van der Waals surface area contributed by atoms with Crippen LogP contribution in [0.5, 0.6) is 23.0 Å². The Morgan fingerprint density at radius 1 is 0.500 bits per heavy atom. The lowest BCUT2D eigenvalue weighted by Crippen LogP contribution is -2.18. The van der Waals surface area contributed by atoms with Crippen molar-refractivity contribution in [2.45, 2.75) is 13.8 Å². The minimum absolute atomic E-state index is 0.126. The summed E-state index contributed by atoms with van der Waals surface area (Å²) in [5.41, 5.74) is 2.65. The molecule has 0 spiro atoms. The monoisotopic (exact) mass is 876 g/mol. The van der Waals surface area contributed by atoms with E-state index in [2.05, 4.69) is 23.8 Å². The third-order valence-electron chi connectivity index (χ3n) is 8.19. The van der Waals surface area contributed by atoms with Gasteiger partial charge in [-0.15, -0.1) is 0 Å². The lowest BCUT2D eigenvalue weighted by molar-refractivity contribution is -0.140. The molecular weight excluding hydrogens is 833 g/mol. The highest BCUT2D eigenvalue weighted by Crippen LogP contribution is 2.31. The highest BCUT2D eigenvalue weighted by Gasteiger charge is 2.16. The molecule has 4 aromatic carbocycles. The van der Waals surface area contributed by atoms with E-state index in [1.54, 1.807) is 36.4 Å². The van der Waals surface area contributed by atoms with E-state index in [1.807, 2.05) is 0 Å². The number of nitrogens with one attached hydrogen (secondary N) is 2. The van der Waals surface area contributed by atoms with Gasteiger partial charge in [0, 0.05) is 22.5 Å². The first-order valence-corrected chi connectivity index (χ1v) is 19.1. The second kappa shape index (κ2) is 24.1. The van der Waals surface area contributed by atoms with E-state index in [1.165, 1.54) is 101 Å². The summed E-state index contributed by atoms with van der Waals surface area (Å²) in [6, 6.07) is 21.1. The number of anilines is 2. The Labute approximate surface area is 367 Å². The van der Waals surface area contributed by atoms with Crippen LogP contribution in [-0.4, -0.2) is 82.5 Å². The molecule has 0 heterocycles. The number of carbonyl (C=O) groups excluding carboxylic acids is 7. The summed E-state index contributed by atoms with van der Waals surface area (Å²) >= 11 is 0. The molecule has 0 unspecified atom stereocenters. The van der Waals surface area contributed by atoms with Crippen LogP contribution >= 0.6 is 0 Å². The number of ether oxygens (including phenoxy) is 8. The van der Waals surface area contributed by atoms with Gasteiger partial charge in [-0.3, -0.25) is 15.4 Å². The minimum Gasteiger partial charge on any atom is -0.493 e. The Bertz CT molecular complexity index is 2280. The summed E-state index contributed by atoms with van der Waals surface area (Å²) < 4.78 is 41.5. The molecule has 17 nitrogen and oxygen atoms in total. The van der Waals surface area contributed by atoms with E-state index in [0.717, 1.165) is 0 Å². The summed E-state index contributed by atoms with van der Waals surface area (Å²) in [6.45, 7) is 9.31. The van der Waals surface area contributed by atoms with Gasteiger partial charge >= 0.3 is 36.1 Å². The van der Waals surface area contributed by atoms with Gasteiger partial charge in [0.05, 0.1) is 25.3 Å².